The van der Waals surface area contributed by atoms with Gasteiger partial charge >= 0.3 is 0 Å². The summed E-state index contributed by atoms with van der Waals surface area (Å²) in [5, 5.41) is 11.2. The van der Waals surface area contributed by atoms with Gasteiger partial charge in [0.2, 0.25) is 0 Å². The maximum atomic E-state index is 12.8. The Bertz CT molecular complexity index is 916. The number of aliphatic hydroxyl groups excluding tert-OH is 1. The van der Waals surface area contributed by atoms with Crippen molar-refractivity contribution < 1.29 is 14.7 Å². The molecule has 1 atom stereocenters. The number of carbonyl (C=O) groups is 2. The Hall–Kier alpha value is -2.30. The van der Waals surface area contributed by atoms with Crippen molar-refractivity contribution in [1.29, 1.82) is 0 Å². The minimum absolute atomic E-state index is 0.0965. The Balaban J connectivity index is 2.22. The highest BCUT2D eigenvalue weighted by Crippen LogP contribution is 2.42. The summed E-state index contributed by atoms with van der Waals surface area (Å²) in [5.41, 5.74) is 2.23. The smallest absolute Gasteiger partial charge is 0.294 e. The number of anilines is 1. The fourth-order valence-electron chi connectivity index (χ4n) is 3.18. The summed E-state index contributed by atoms with van der Waals surface area (Å²) in [4.78, 5) is 26.7. The molecule has 0 saturated heterocycles. The first-order valence-corrected chi connectivity index (χ1v) is 8.91. The number of ketones is 1. The monoisotopic (exact) mass is 389 g/mol. The summed E-state index contributed by atoms with van der Waals surface area (Å²) in [5.74, 6) is -1.45. The van der Waals surface area contributed by atoms with Crippen molar-refractivity contribution in [1.82, 2.24) is 0 Å². The summed E-state index contributed by atoms with van der Waals surface area (Å²) in [6.07, 6.45) is 0.180. The van der Waals surface area contributed by atoms with Gasteiger partial charge in [0.15, 0.2) is 11.5 Å². The zero-order chi connectivity index (χ0) is 19.0. The van der Waals surface area contributed by atoms with E-state index in [1.54, 1.807) is 25.1 Å². The Morgan fingerprint density at radius 1 is 1.15 bits per heavy atom. The number of nitrogens with zero attached hydrogens (tertiary/aromatic N) is 1. The van der Waals surface area contributed by atoms with Crippen LogP contribution in [0.4, 0.5) is 5.69 Å². The first-order chi connectivity index (χ1) is 12.3. The van der Waals surface area contributed by atoms with E-state index in [0.717, 1.165) is 11.1 Å². The zero-order valence-corrected chi connectivity index (χ0v) is 15.8. The third-order valence-corrected chi connectivity index (χ3v) is 4.75. The van der Waals surface area contributed by atoms with Crippen molar-refractivity contribution in [3.05, 3.63) is 75.0 Å². The number of hydrogen-bond donors (Lipinski definition) is 1. The Morgan fingerprint density at radius 3 is 2.38 bits per heavy atom. The van der Waals surface area contributed by atoms with Gasteiger partial charge < -0.3 is 5.11 Å². The number of amides is 1. The van der Waals surface area contributed by atoms with E-state index in [2.05, 4.69) is 0 Å². The van der Waals surface area contributed by atoms with Gasteiger partial charge in [-0.05, 0) is 30.7 Å². The van der Waals surface area contributed by atoms with Crippen LogP contribution in [0, 0.1) is 6.92 Å². The lowest BCUT2D eigenvalue weighted by Gasteiger charge is -2.27. The number of hydrogen-bond acceptors (Lipinski definition) is 3. The Kier molecular flexibility index (Phi) is 5.08. The number of Topliss-reactive ketones (excluding diaryl/α,β-unsaturated/α-hetero) is 1. The molecule has 1 amide bonds. The van der Waals surface area contributed by atoms with E-state index in [9.17, 15) is 14.7 Å². The van der Waals surface area contributed by atoms with Gasteiger partial charge in [-0.15, -0.1) is 0 Å². The number of aryl methyl sites for hydroxylation is 1. The molecule has 1 unspecified atom stereocenters. The largest absolute Gasteiger partial charge is 0.503 e. The quantitative estimate of drug-likeness (QED) is 0.783. The van der Waals surface area contributed by atoms with E-state index < -0.39 is 17.7 Å². The molecule has 0 radical (unpaired) electrons. The molecule has 3 rings (SSSR count). The van der Waals surface area contributed by atoms with Crippen LogP contribution in [0.15, 0.2) is 53.8 Å². The second kappa shape index (κ2) is 7.14. The van der Waals surface area contributed by atoms with Gasteiger partial charge in [0, 0.05) is 22.2 Å². The highest BCUT2D eigenvalue weighted by Gasteiger charge is 2.44. The van der Waals surface area contributed by atoms with Gasteiger partial charge in [0.05, 0.1) is 11.6 Å². The van der Waals surface area contributed by atoms with Crippen molar-refractivity contribution in [2.75, 3.05) is 4.90 Å². The van der Waals surface area contributed by atoms with E-state index in [1.165, 1.54) is 4.90 Å². The van der Waals surface area contributed by atoms with E-state index in [-0.39, 0.29) is 17.8 Å². The van der Waals surface area contributed by atoms with Crippen LogP contribution in [0.25, 0.3) is 0 Å². The van der Waals surface area contributed by atoms with Gasteiger partial charge in [-0.3, -0.25) is 14.5 Å². The number of halogens is 2. The van der Waals surface area contributed by atoms with Crippen LogP contribution in [0.5, 0.6) is 0 Å². The van der Waals surface area contributed by atoms with Gasteiger partial charge in [-0.1, -0.05) is 60.0 Å². The zero-order valence-electron chi connectivity index (χ0n) is 14.3. The highest BCUT2D eigenvalue weighted by molar-refractivity contribution is 6.35. The topological polar surface area (TPSA) is 57.6 Å². The molecule has 0 saturated carbocycles. The number of aliphatic hydroxyl groups is 1. The maximum absolute atomic E-state index is 12.8. The first kappa shape index (κ1) is 18.5. The lowest BCUT2D eigenvalue weighted by Crippen LogP contribution is -2.31. The second-order valence-corrected chi connectivity index (χ2v) is 7.03. The normalized spacial score (nSPS) is 17.2. The van der Waals surface area contributed by atoms with E-state index in [4.69, 9.17) is 23.2 Å². The molecule has 0 aliphatic carbocycles. The van der Waals surface area contributed by atoms with Crippen LogP contribution in [0.1, 0.15) is 30.5 Å². The van der Waals surface area contributed by atoms with Crippen LogP contribution < -0.4 is 4.90 Å². The molecule has 0 bridgehead atoms. The number of rotatable bonds is 4. The SMILES string of the molecule is CCC(=O)C1=C(O)C(=O)N(c2cc(Cl)cc(Cl)c2)C1c1cccc(C)c1. The van der Waals surface area contributed by atoms with E-state index >= 15 is 0 Å². The summed E-state index contributed by atoms with van der Waals surface area (Å²) in [6, 6.07) is 11.5. The van der Waals surface area contributed by atoms with Crippen molar-refractivity contribution >= 4 is 40.6 Å². The molecule has 6 heteroatoms. The van der Waals surface area contributed by atoms with Gasteiger partial charge in [-0.25, -0.2) is 0 Å². The average Bonchev–Trinajstić information content (AvgIpc) is 2.85. The molecular formula is C20H17Cl2NO3. The number of carbonyl (C=O) groups excluding carboxylic acids is 2. The predicted octanol–water partition coefficient (Wildman–Crippen LogP) is 5.18. The molecule has 1 aliphatic rings. The molecule has 0 spiro atoms. The lowest BCUT2D eigenvalue weighted by atomic mass is 9.94. The van der Waals surface area contributed by atoms with Crippen molar-refractivity contribution in [2.24, 2.45) is 0 Å². The first-order valence-electron chi connectivity index (χ1n) is 8.16. The summed E-state index contributed by atoms with van der Waals surface area (Å²) < 4.78 is 0. The summed E-state index contributed by atoms with van der Waals surface area (Å²) in [6.45, 7) is 3.62. The fourth-order valence-corrected chi connectivity index (χ4v) is 3.70. The molecule has 1 N–H and O–H groups in total. The van der Waals surface area contributed by atoms with Crippen LogP contribution in [-0.2, 0) is 9.59 Å². The fraction of sp³-hybridized carbons (Fsp3) is 0.200. The van der Waals surface area contributed by atoms with Crippen molar-refractivity contribution in [3.63, 3.8) is 0 Å². The molecule has 4 nitrogen and oxygen atoms in total. The molecule has 2 aromatic rings. The van der Waals surface area contributed by atoms with E-state index in [1.807, 2.05) is 31.2 Å². The lowest BCUT2D eigenvalue weighted by molar-refractivity contribution is -0.118. The molecular weight excluding hydrogens is 373 g/mol. The van der Waals surface area contributed by atoms with Gasteiger partial charge in [0.25, 0.3) is 5.91 Å². The van der Waals surface area contributed by atoms with Crippen LogP contribution in [0.3, 0.4) is 0 Å². The average molecular weight is 390 g/mol. The van der Waals surface area contributed by atoms with Crippen molar-refractivity contribution in [3.8, 4) is 0 Å². The molecule has 0 fully saturated rings. The summed E-state index contributed by atoms with van der Waals surface area (Å²) in [7, 11) is 0. The minimum atomic E-state index is -0.732. The van der Waals surface area contributed by atoms with Crippen molar-refractivity contribution in [2.45, 2.75) is 26.3 Å². The van der Waals surface area contributed by atoms with Gasteiger partial charge in [-0.2, -0.15) is 0 Å². The van der Waals surface area contributed by atoms with Crippen LogP contribution in [-0.4, -0.2) is 16.8 Å². The molecule has 134 valence electrons. The minimum Gasteiger partial charge on any atom is -0.503 e. The molecule has 1 aliphatic heterocycles. The molecule has 1 heterocycles. The standard InChI is InChI=1S/C20H17Cl2NO3/c1-3-16(24)17-18(12-6-4-5-11(2)7-12)23(20(26)19(17)25)15-9-13(21)8-14(22)10-15/h4-10,18,25H,3H2,1-2H3. The van der Waals surface area contributed by atoms with Crippen LogP contribution >= 0.6 is 23.2 Å². The molecule has 26 heavy (non-hydrogen) atoms. The highest BCUT2D eigenvalue weighted by atomic mass is 35.5. The predicted molar refractivity (Wildman–Crippen MR) is 103 cm³/mol. The Morgan fingerprint density at radius 2 is 1.81 bits per heavy atom. The molecule has 2 aromatic carbocycles. The van der Waals surface area contributed by atoms with Crippen LogP contribution in [0.2, 0.25) is 10.0 Å². The number of benzene rings is 2. The third-order valence-electron chi connectivity index (χ3n) is 4.31. The Labute approximate surface area is 161 Å². The van der Waals surface area contributed by atoms with E-state index in [0.29, 0.717) is 15.7 Å². The third kappa shape index (κ3) is 3.22. The maximum Gasteiger partial charge on any atom is 0.294 e. The molecule has 0 aromatic heterocycles. The summed E-state index contributed by atoms with van der Waals surface area (Å²) >= 11 is 12.2. The second-order valence-electron chi connectivity index (χ2n) is 6.16. The van der Waals surface area contributed by atoms with Gasteiger partial charge in [0.1, 0.15) is 0 Å².